The molecule has 1 unspecified atom stereocenters. The summed E-state index contributed by atoms with van der Waals surface area (Å²) in [5, 5.41) is 9.33. The minimum atomic E-state index is -4.40. The Morgan fingerprint density at radius 2 is 2.00 bits per heavy atom. The third-order valence-electron chi connectivity index (χ3n) is 3.47. The Kier molecular flexibility index (Phi) is 4.81. The smallest absolute Gasteiger partial charge is 0.389 e. The van der Waals surface area contributed by atoms with Crippen molar-refractivity contribution < 1.29 is 27.9 Å². The summed E-state index contributed by atoms with van der Waals surface area (Å²) >= 11 is 0. The van der Waals surface area contributed by atoms with Gasteiger partial charge in [-0.25, -0.2) is 4.79 Å². The number of carboxylic acids is 1. The molecule has 1 rings (SSSR count). The number of rotatable bonds is 5. The minimum absolute atomic E-state index is 0.225. The van der Waals surface area contributed by atoms with Crippen LogP contribution < -0.4 is 0 Å². The summed E-state index contributed by atoms with van der Waals surface area (Å²) in [6.07, 6.45) is -4.61. The first-order valence-electron chi connectivity index (χ1n) is 6.33. The molecule has 7 heteroatoms. The Hall–Kier alpha value is -1.27. The Morgan fingerprint density at radius 3 is 2.47 bits per heavy atom. The highest BCUT2D eigenvalue weighted by Crippen LogP contribution is 2.35. The van der Waals surface area contributed by atoms with Crippen LogP contribution >= 0.6 is 0 Å². The molecule has 0 aromatic rings. The summed E-state index contributed by atoms with van der Waals surface area (Å²) < 4.78 is 36.3. The number of halogens is 3. The van der Waals surface area contributed by atoms with Crippen molar-refractivity contribution in [2.45, 2.75) is 57.2 Å². The van der Waals surface area contributed by atoms with E-state index in [1.165, 1.54) is 0 Å². The molecular weight excluding hydrogens is 263 g/mol. The molecule has 1 fully saturated rings. The number of hydrogen-bond acceptors (Lipinski definition) is 2. The molecule has 1 amide bonds. The van der Waals surface area contributed by atoms with Crippen LogP contribution in [0.1, 0.15) is 45.4 Å². The third kappa shape index (κ3) is 3.61. The van der Waals surface area contributed by atoms with Gasteiger partial charge in [-0.3, -0.25) is 4.79 Å². The fraction of sp³-hybridized carbons (Fsp3) is 0.833. The van der Waals surface area contributed by atoms with Gasteiger partial charge in [0.05, 0.1) is 6.42 Å². The zero-order chi connectivity index (χ0) is 14.7. The maximum absolute atomic E-state index is 12.1. The highest BCUT2D eigenvalue weighted by Gasteiger charge is 2.49. The number of hydrogen-bond donors (Lipinski definition) is 1. The molecular formula is C12H18F3NO3. The van der Waals surface area contributed by atoms with E-state index in [1.54, 1.807) is 6.92 Å². The number of aliphatic carboxylic acids is 1. The predicted octanol–water partition coefficient (Wildman–Crippen LogP) is 2.57. The molecule has 0 saturated carbocycles. The minimum Gasteiger partial charge on any atom is -0.479 e. The highest BCUT2D eigenvalue weighted by atomic mass is 19.4. The maximum Gasteiger partial charge on any atom is 0.389 e. The van der Waals surface area contributed by atoms with Crippen LogP contribution in [0, 0.1) is 0 Å². The molecule has 1 heterocycles. The van der Waals surface area contributed by atoms with Crippen LogP contribution in [0.5, 0.6) is 0 Å². The van der Waals surface area contributed by atoms with Gasteiger partial charge in [0.15, 0.2) is 0 Å². The molecule has 0 aromatic heterocycles. The quantitative estimate of drug-likeness (QED) is 0.842. The van der Waals surface area contributed by atoms with Crippen LogP contribution in [-0.2, 0) is 9.59 Å². The van der Waals surface area contributed by atoms with Gasteiger partial charge in [-0.15, -0.1) is 0 Å². The lowest BCUT2D eigenvalue weighted by molar-refractivity contribution is -0.161. The van der Waals surface area contributed by atoms with E-state index < -0.39 is 36.4 Å². The molecule has 110 valence electrons. The van der Waals surface area contributed by atoms with Gasteiger partial charge in [0.1, 0.15) is 5.54 Å². The zero-order valence-electron chi connectivity index (χ0n) is 10.8. The molecule has 0 aromatic carbocycles. The molecule has 19 heavy (non-hydrogen) atoms. The van der Waals surface area contributed by atoms with Crippen molar-refractivity contribution in [3.63, 3.8) is 0 Å². The van der Waals surface area contributed by atoms with E-state index in [1.807, 2.05) is 0 Å². The van der Waals surface area contributed by atoms with E-state index in [-0.39, 0.29) is 13.0 Å². The van der Waals surface area contributed by atoms with Crippen molar-refractivity contribution in [2.75, 3.05) is 6.54 Å². The van der Waals surface area contributed by atoms with Crippen molar-refractivity contribution in [2.24, 2.45) is 0 Å². The number of likely N-dealkylation sites (tertiary alicyclic amines) is 1. The molecule has 0 aliphatic carbocycles. The van der Waals surface area contributed by atoms with Gasteiger partial charge >= 0.3 is 12.1 Å². The molecule has 1 aliphatic heterocycles. The summed E-state index contributed by atoms with van der Waals surface area (Å²) in [4.78, 5) is 24.4. The van der Waals surface area contributed by atoms with Gasteiger partial charge in [-0.05, 0) is 19.3 Å². The van der Waals surface area contributed by atoms with Crippen molar-refractivity contribution in [3.8, 4) is 0 Å². The average molecular weight is 281 g/mol. The third-order valence-corrected chi connectivity index (χ3v) is 3.47. The number of carboxylic acid groups (broad SMARTS) is 1. The molecule has 0 bridgehead atoms. The van der Waals surface area contributed by atoms with Gasteiger partial charge in [0, 0.05) is 13.0 Å². The topological polar surface area (TPSA) is 57.6 Å². The van der Waals surface area contributed by atoms with E-state index in [0.29, 0.717) is 19.3 Å². The lowest BCUT2D eigenvalue weighted by Crippen LogP contribution is -2.53. The normalized spacial score (nSPS) is 23.7. The Bertz CT molecular complexity index is 357. The fourth-order valence-electron chi connectivity index (χ4n) is 2.63. The van der Waals surface area contributed by atoms with Crippen molar-refractivity contribution in [3.05, 3.63) is 0 Å². The van der Waals surface area contributed by atoms with Crippen LogP contribution in [-0.4, -0.2) is 40.1 Å². The first-order chi connectivity index (χ1) is 8.73. The first kappa shape index (κ1) is 15.8. The molecule has 0 radical (unpaired) electrons. The van der Waals surface area contributed by atoms with Gasteiger partial charge in [0.2, 0.25) is 5.91 Å². The molecule has 1 saturated heterocycles. The van der Waals surface area contributed by atoms with Crippen LogP contribution in [0.3, 0.4) is 0 Å². The molecule has 1 aliphatic rings. The number of nitrogens with zero attached hydrogens (tertiary/aromatic N) is 1. The fourth-order valence-corrected chi connectivity index (χ4v) is 2.63. The number of amides is 1. The van der Waals surface area contributed by atoms with Gasteiger partial charge in [-0.1, -0.05) is 13.3 Å². The zero-order valence-corrected chi connectivity index (χ0v) is 10.8. The van der Waals surface area contributed by atoms with Gasteiger partial charge in [0.25, 0.3) is 0 Å². The van der Waals surface area contributed by atoms with Gasteiger partial charge in [-0.2, -0.15) is 13.2 Å². The van der Waals surface area contributed by atoms with Crippen molar-refractivity contribution in [1.82, 2.24) is 4.90 Å². The second-order valence-electron chi connectivity index (χ2n) is 4.85. The monoisotopic (exact) mass is 281 g/mol. The van der Waals surface area contributed by atoms with E-state index in [9.17, 15) is 27.9 Å². The second-order valence-corrected chi connectivity index (χ2v) is 4.85. The molecule has 1 N–H and O–H groups in total. The highest BCUT2D eigenvalue weighted by molar-refractivity contribution is 5.87. The van der Waals surface area contributed by atoms with Crippen LogP contribution in [0.15, 0.2) is 0 Å². The van der Waals surface area contributed by atoms with Crippen LogP contribution in [0.2, 0.25) is 0 Å². The van der Waals surface area contributed by atoms with E-state index in [4.69, 9.17) is 0 Å². The summed E-state index contributed by atoms with van der Waals surface area (Å²) in [6, 6.07) is 0. The Balaban J connectivity index is 2.79. The summed E-state index contributed by atoms with van der Waals surface area (Å²) in [6.45, 7) is 2.02. The standard InChI is InChI=1S/C12H18F3NO3/c1-2-5-11(10(18)19)6-3-8-16(11)9(17)4-7-12(13,14)15/h2-8H2,1H3,(H,18,19). The maximum atomic E-state index is 12.1. The Morgan fingerprint density at radius 1 is 1.37 bits per heavy atom. The van der Waals surface area contributed by atoms with Gasteiger partial charge < -0.3 is 10.0 Å². The average Bonchev–Trinajstić information content (AvgIpc) is 2.70. The van der Waals surface area contributed by atoms with Crippen molar-refractivity contribution in [1.29, 1.82) is 0 Å². The SMILES string of the molecule is CCCC1(C(=O)O)CCCN1C(=O)CCC(F)(F)F. The van der Waals surface area contributed by atoms with Crippen LogP contribution in [0.25, 0.3) is 0 Å². The molecule has 0 spiro atoms. The Labute approximate surface area is 109 Å². The lowest BCUT2D eigenvalue weighted by Gasteiger charge is -2.34. The number of carbonyl (C=O) groups is 2. The lowest BCUT2D eigenvalue weighted by atomic mass is 9.90. The first-order valence-corrected chi connectivity index (χ1v) is 6.33. The van der Waals surface area contributed by atoms with Crippen LogP contribution in [0.4, 0.5) is 13.2 Å². The van der Waals surface area contributed by atoms with E-state index in [0.717, 1.165) is 4.90 Å². The molecule has 1 atom stereocenters. The largest absolute Gasteiger partial charge is 0.479 e. The number of alkyl halides is 3. The van der Waals surface area contributed by atoms with Crippen molar-refractivity contribution >= 4 is 11.9 Å². The summed E-state index contributed by atoms with van der Waals surface area (Å²) in [7, 11) is 0. The molecule has 4 nitrogen and oxygen atoms in total. The second kappa shape index (κ2) is 5.79. The predicted molar refractivity (Wildman–Crippen MR) is 61.5 cm³/mol. The number of carbonyl (C=O) groups excluding carboxylic acids is 1. The van der Waals surface area contributed by atoms with E-state index >= 15 is 0 Å². The summed E-state index contributed by atoms with van der Waals surface area (Å²) in [5.41, 5.74) is -1.31. The van der Waals surface area contributed by atoms with E-state index in [2.05, 4.69) is 0 Å². The summed E-state index contributed by atoms with van der Waals surface area (Å²) in [5.74, 6) is -1.84.